The minimum absolute atomic E-state index is 0.153. The molecular formula is C32H31F5N4O4S. The first-order chi connectivity index (χ1) is 21.8. The van der Waals surface area contributed by atoms with Gasteiger partial charge in [0.2, 0.25) is 21.7 Å². The van der Waals surface area contributed by atoms with Crippen molar-refractivity contribution in [3.8, 4) is 0 Å². The van der Waals surface area contributed by atoms with Gasteiger partial charge in [0, 0.05) is 37.1 Å². The van der Waals surface area contributed by atoms with E-state index in [0.29, 0.717) is 26.7 Å². The van der Waals surface area contributed by atoms with Crippen molar-refractivity contribution in [2.75, 3.05) is 18.0 Å². The second kappa shape index (κ2) is 13.3. The predicted octanol–water partition coefficient (Wildman–Crippen LogP) is 5.92. The third-order valence-corrected chi connectivity index (χ3v) is 10.3. The number of carbonyl (C=O) groups is 1. The Morgan fingerprint density at radius 3 is 2.20 bits per heavy atom. The molecular weight excluding hydrogens is 631 g/mol. The van der Waals surface area contributed by atoms with Crippen LogP contribution in [0.5, 0.6) is 0 Å². The van der Waals surface area contributed by atoms with Crippen molar-refractivity contribution >= 4 is 32.4 Å². The van der Waals surface area contributed by atoms with Gasteiger partial charge < -0.3 is 9.47 Å². The highest BCUT2D eigenvalue weighted by Crippen LogP contribution is 2.33. The molecule has 1 amide bonds. The monoisotopic (exact) mass is 662 g/mol. The number of carbonyl (C=O) groups excluding carboxylic acids is 1. The van der Waals surface area contributed by atoms with Crippen LogP contribution in [0.15, 0.2) is 58.5 Å². The summed E-state index contributed by atoms with van der Waals surface area (Å²) in [7, 11) is -3.81. The molecule has 0 N–H and O–H groups in total. The van der Waals surface area contributed by atoms with Crippen molar-refractivity contribution in [1.82, 2.24) is 13.9 Å². The zero-order valence-electron chi connectivity index (χ0n) is 25.1. The standard InChI is InChI=1S/C32H31F5N4O4S/c1-3-40(46(44,45)31-29(36)27(34)26(33)28(35)30(31)37)18-25(42)41(23-11-12-24-20(15-23)13-14-39(2)32(24)43)17-22-10-9-21(16-38-22)19-7-5-4-6-8-19/h9-16,19H,3-8,17-18H2,1-2H3. The summed E-state index contributed by atoms with van der Waals surface area (Å²) in [6.45, 7) is -0.449. The van der Waals surface area contributed by atoms with Gasteiger partial charge in [0.15, 0.2) is 28.2 Å². The van der Waals surface area contributed by atoms with E-state index in [4.69, 9.17) is 0 Å². The fourth-order valence-corrected chi connectivity index (χ4v) is 7.25. The quantitative estimate of drug-likeness (QED) is 0.126. The summed E-state index contributed by atoms with van der Waals surface area (Å²) in [5.74, 6) is -12.9. The molecule has 8 nitrogen and oxygen atoms in total. The van der Waals surface area contributed by atoms with Gasteiger partial charge >= 0.3 is 0 Å². The van der Waals surface area contributed by atoms with Crippen LogP contribution in [0.3, 0.4) is 0 Å². The molecule has 2 aromatic heterocycles. The Kier molecular flexibility index (Phi) is 9.59. The summed E-state index contributed by atoms with van der Waals surface area (Å²) in [5.41, 5.74) is 1.48. The Labute approximate surface area is 262 Å². The van der Waals surface area contributed by atoms with Gasteiger partial charge in [-0.05, 0) is 60.0 Å². The van der Waals surface area contributed by atoms with Crippen LogP contribution in [0.4, 0.5) is 27.6 Å². The van der Waals surface area contributed by atoms with E-state index < -0.39 is 63.0 Å². The normalized spacial score (nSPS) is 14.3. The van der Waals surface area contributed by atoms with Crippen molar-refractivity contribution < 1.29 is 35.2 Å². The van der Waals surface area contributed by atoms with Gasteiger partial charge in [-0.2, -0.15) is 4.31 Å². The van der Waals surface area contributed by atoms with Crippen molar-refractivity contribution in [1.29, 1.82) is 0 Å². The lowest BCUT2D eigenvalue weighted by atomic mass is 9.85. The van der Waals surface area contributed by atoms with E-state index in [-0.39, 0.29) is 17.8 Å². The number of anilines is 1. The summed E-state index contributed by atoms with van der Waals surface area (Å²) >= 11 is 0. The number of hydrogen-bond donors (Lipinski definition) is 0. The number of amides is 1. The average molecular weight is 663 g/mol. The molecule has 0 unspecified atom stereocenters. The molecule has 5 rings (SSSR count). The second-order valence-electron chi connectivity index (χ2n) is 11.2. The van der Waals surface area contributed by atoms with E-state index in [0.717, 1.165) is 31.2 Å². The number of fused-ring (bicyclic) bond motifs is 1. The van der Waals surface area contributed by atoms with Gasteiger partial charge in [0.25, 0.3) is 5.56 Å². The molecule has 1 saturated carbocycles. The fourth-order valence-electron chi connectivity index (χ4n) is 5.74. The highest BCUT2D eigenvalue weighted by atomic mass is 32.2. The van der Waals surface area contributed by atoms with Gasteiger partial charge in [-0.15, -0.1) is 0 Å². The molecule has 14 heteroatoms. The molecule has 0 spiro atoms. The minimum Gasteiger partial charge on any atom is -0.318 e. The summed E-state index contributed by atoms with van der Waals surface area (Å²) in [6.07, 6.45) is 8.82. The first-order valence-corrected chi connectivity index (χ1v) is 16.1. The van der Waals surface area contributed by atoms with Crippen LogP contribution in [0.25, 0.3) is 10.8 Å². The topological polar surface area (TPSA) is 92.6 Å². The molecule has 1 aliphatic rings. The first-order valence-electron chi connectivity index (χ1n) is 14.7. The van der Waals surface area contributed by atoms with Crippen molar-refractivity contribution in [2.45, 2.75) is 56.4 Å². The first kappa shape index (κ1) is 33.2. The van der Waals surface area contributed by atoms with E-state index in [1.807, 2.05) is 6.07 Å². The molecule has 0 aliphatic heterocycles. The lowest BCUT2D eigenvalue weighted by Gasteiger charge is -2.27. The van der Waals surface area contributed by atoms with E-state index in [1.165, 1.54) is 34.9 Å². The van der Waals surface area contributed by atoms with Crippen molar-refractivity contribution in [3.63, 3.8) is 0 Å². The molecule has 1 aliphatic carbocycles. The molecule has 1 fully saturated rings. The Morgan fingerprint density at radius 1 is 0.935 bits per heavy atom. The van der Waals surface area contributed by atoms with Gasteiger partial charge in [-0.3, -0.25) is 14.6 Å². The Bertz CT molecular complexity index is 1930. The molecule has 0 atom stereocenters. The highest BCUT2D eigenvalue weighted by Gasteiger charge is 2.38. The second-order valence-corrected chi connectivity index (χ2v) is 13.1. The van der Waals surface area contributed by atoms with Gasteiger partial charge in [-0.25, -0.2) is 30.4 Å². The number of nitrogens with zero attached hydrogens (tertiary/aromatic N) is 4. The number of benzene rings is 2. The number of rotatable bonds is 9. The summed E-state index contributed by atoms with van der Waals surface area (Å²) in [4.78, 5) is 30.1. The molecule has 2 aromatic carbocycles. The van der Waals surface area contributed by atoms with Crippen LogP contribution in [0.2, 0.25) is 0 Å². The Hall–Kier alpha value is -4.17. The largest absolute Gasteiger partial charge is 0.318 e. The number of pyridine rings is 2. The molecule has 4 aromatic rings. The number of aromatic nitrogens is 2. The highest BCUT2D eigenvalue weighted by molar-refractivity contribution is 7.89. The molecule has 0 radical (unpaired) electrons. The average Bonchev–Trinajstić information content (AvgIpc) is 3.06. The fraction of sp³-hybridized carbons (Fsp3) is 0.344. The van der Waals surface area contributed by atoms with Crippen LogP contribution in [0.1, 0.15) is 56.2 Å². The van der Waals surface area contributed by atoms with Gasteiger partial charge in [0.1, 0.15) is 0 Å². The molecule has 2 heterocycles. The smallest absolute Gasteiger partial charge is 0.258 e. The van der Waals surface area contributed by atoms with E-state index in [2.05, 4.69) is 4.98 Å². The van der Waals surface area contributed by atoms with Crippen LogP contribution in [-0.4, -0.2) is 41.3 Å². The molecule has 0 saturated heterocycles. The summed E-state index contributed by atoms with van der Waals surface area (Å²) in [6, 6.07) is 9.90. The third kappa shape index (κ3) is 6.27. The van der Waals surface area contributed by atoms with E-state index in [9.17, 15) is 40.0 Å². The van der Waals surface area contributed by atoms with Gasteiger partial charge in [-0.1, -0.05) is 32.3 Å². The zero-order chi connectivity index (χ0) is 33.3. The lowest BCUT2D eigenvalue weighted by Crippen LogP contribution is -2.43. The Balaban J connectivity index is 1.51. The number of likely N-dealkylation sites (N-methyl/N-ethyl adjacent to an activating group) is 1. The maximum Gasteiger partial charge on any atom is 0.258 e. The number of aryl methyl sites for hydroxylation is 1. The predicted molar refractivity (Wildman–Crippen MR) is 161 cm³/mol. The number of halogens is 5. The summed E-state index contributed by atoms with van der Waals surface area (Å²) < 4.78 is 98.9. The van der Waals surface area contributed by atoms with Crippen molar-refractivity contribution in [3.05, 3.63) is 99.5 Å². The van der Waals surface area contributed by atoms with Crippen LogP contribution in [-0.2, 0) is 28.4 Å². The lowest BCUT2D eigenvalue weighted by molar-refractivity contribution is -0.119. The Morgan fingerprint density at radius 2 is 1.59 bits per heavy atom. The van der Waals surface area contributed by atoms with Crippen LogP contribution >= 0.6 is 0 Å². The van der Waals surface area contributed by atoms with Gasteiger partial charge in [0.05, 0.1) is 18.8 Å². The summed E-state index contributed by atoms with van der Waals surface area (Å²) in [5, 5.41) is 0.848. The third-order valence-electron chi connectivity index (χ3n) is 8.35. The maximum absolute atomic E-state index is 14.6. The zero-order valence-corrected chi connectivity index (χ0v) is 25.9. The van der Waals surface area contributed by atoms with E-state index in [1.54, 1.807) is 37.6 Å². The maximum atomic E-state index is 14.6. The van der Waals surface area contributed by atoms with E-state index >= 15 is 0 Å². The number of hydrogen-bond acceptors (Lipinski definition) is 5. The number of sulfonamides is 1. The van der Waals surface area contributed by atoms with Crippen molar-refractivity contribution in [2.24, 2.45) is 7.05 Å². The molecule has 46 heavy (non-hydrogen) atoms. The minimum atomic E-state index is -5.39. The SMILES string of the molecule is CCN(CC(=O)N(Cc1ccc(C2CCCCC2)cn1)c1ccc2c(=O)n(C)ccc2c1)S(=O)(=O)c1c(F)c(F)c(F)c(F)c1F. The molecule has 244 valence electrons. The van der Waals surface area contributed by atoms with Crippen LogP contribution < -0.4 is 10.5 Å². The van der Waals surface area contributed by atoms with Crippen LogP contribution in [0, 0.1) is 29.1 Å². The molecule has 0 bridgehead atoms.